The molecule has 0 saturated carbocycles. The van der Waals surface area contributed by atoms with Gasteiger partial charge in [-0.3, -0.25) is 9.59 Å². The van der Waals surface area contributed by atoms with Crippen LogP contribution in [0.1, 0.15) is 68.6 Å². The minimum Gasteiger partial charge on any atom is -0.297 e. The van der Waals surface area contributed by atoms with Crippen LogP contribution in [0.5, 0.6) is 0 Å². The number of nitriles is 1. The maximum Gasteiger partial charge on any atom is 0.188 e. The number of benzene rings is 1. The van der Waals surface area contributed by atoms with Gasteiger partial charge in [-0.15, -0.1) is 0 Å². The number of Topliss-reactive ketones (excluding diaryl/α,β-unsaturated/α-hetero) is 2. The molecule has 1 aromatic rings. The number of carbonyl (C=O) groups is 2. The highest BCUT2D eigenvalue weighted by Gasteiger charge is 2.36. The van der Waals surface area contributed by atoms with Gasteiger partial charge in [0.2, 0.25) is 0 Å². The Labute approximate surface area is 139 Å². The van der Waals surface area contributed by atoms with Crippen molar-refractivity contribution in [2.75, 3.05) is 0 Å². The van der Waals surface area contributed by atoms with E-state index in [1.807, 2.05) is 32.0 Å². The van der Waals surface area contributed by atoms with Crippen molar-refractivity contribution in [1.29, 1.82) is 5.26 Å². The van der Waals surface area contributed by atoms with E-state index < -0.39 is 11.3 Å². The Morgan fingerprint density at radius 3 is 1.74 bits per heavy atom. The number of ketones is 2. The zero-order valence-corrected chi connectivity index (χ0v) is 15.5. The third-order valence-corrected chi connectivity index (χ3v) is 4.04. The van der Waals surface area contributed by atoms with Gasteiger partial charge in [-0.1, -0.05) is 53.7 Å². The van der Waals surface area contributed by atoms with E-state index in [4.69, 9.17) is 0 Å². The maximum absolute atomic E-state index is 12.8. The van der Waals surface area contributed by atoms with Crippen LogP contribution >= 0.6 is 0 Å². The predicted molar refractivity (Wildman–Crippen MR) is 92.5 cm³/mol. The van der Waals surface area contributed by atoms with E-state index in [1.165, 1.54) is 0 Å². The van der Waals surface area contributed by atoms with Gasteiger partial charge in [-0.05, 0) is 36.0 Å². The molecule has 3 heteroatoms. The molecule has 0 saturated heterocycles. The van der Waals surface area contributed by atoms with E-state index >= 15 is 0 Å². The largest absolute Gasteiger partial charge is 0.297 e. The second-order valence-electron chi connectivity index (χ2n) is 8.28. The summed E-state index contributed by atoms with van der Waals surface area (Å²) in [6.07, 6.45) is 0. The van der Waals surface area contributed by atoms with Crippen molar-refractivity contribution in [3.8, 4) is 6.07 Å². The quantitative estimate of drug-likeness (QED) is 0.608. The zero-order chi connectivity index (χ0) is 18.2. The fraction of sp³-hybridized carbons (Fsp3) is 0.550. The number of carbonyl (C=O) groups excluding carboxylic acids is 2. The van der Waals surface area contributed by atoms with Crippen molar-refractivity contribution in [2.24, 2.45) is 11.3 Å². The highest BCUT2D eigenvalue weighted by molar-refractivity contribution is 6.15. The third kappa shape index (κ3) is 4.07. The van der Waals surface area contributed by atoms with E-state index in [1.54, 1.807) is 20.8 Å². The SMILES string of the molecule is Cc1cc(C(C)(C)C)cc(C)c1C(=O)C(C#N)C(=O)C(C)(C)C. The lowest BCUT2D eigenvalue weighted by Crippen LogP contribution is -2.33. The minimum atomic E-state index is -1.24. The molecule has 1 aromatic carbocycles. The number of aryl methyl sites for hydroxylation is 2. The Morgan fingerprint density at radius 1 is 1.00 bits per heavy atom. The predicted octanol–water partition coefficient (Wildman–Crippen LogP) is 4.54. The number of rotatable bonds is 3. The topological polar surface area (TPSA) is 57.9 Å². The maximum atomic E-state index is 12.8. The molecule has 0 aromatic heterocycles. The lowest BCUT2D eigenvalue weighted by Gasteiger charge is -2.24. The van der Waals surface area contributed by atoms with E-state index in [0.717, 1.165) is 16.7 Å². The molecular weight excluding hydrogens is 286 g/mol. The number of hydrogen-bond donors (Lipinski definition) is 0. The van der Waals surface area contributed by atoms with Gasteiger partial charge in [-0.25, -0.2) is 0 Å². The van der Waals surface area contributed by atoms with Crippen LogP contribution in [0, 0.1) is 36.5 Å². The first-order valence-electron chi connectivity index (χ1n) is 7.90. The zero-order valence-electron chi connectivity index (χ0n) is 15.5. The summed E-state index contributed by atoms with van der Waals surface area (Å²) in [5.41, 5.74) is 2.54. The molecule has 0 heterocycles. The van der Waals surface area contributed by atoms with Gasteiger partial charge in [0.05, 0.1) is 6.07 Å². The highest BCUT2D eigenvalue weighted by Crippen LogP contribution is 2.29. The summed E-state index contributed by atoms with van der Waals surface area (Å²) in [5.74, 6) is -1.96. The molecule has 0 bridgehead atoms. The first kappa shape index (κ1) is 19.1. The Morgan fingerprint density at radius 2 is 1.43 bits per heavy atom. The van der Waals surface area contributed by atoms with Gasteiger partial charge in [0, 0.05) is 11.0 Å². The van der Waals surface area contributed by atoms with Crippen molar-refractivity contribution in [3.63, 3.8) is 0 Å². The summed E-state index contributed by atoms with van der Waals surface area (Å²) in [6.45, 7) is 15.3. The van der Waals surface area contributed by atoms with E-state index in [0.29, 0.717) is 5.56 Å². The Balaban J connectivity index is 3.39. The second-order valence-corrected chi connectivity index (χ2v) is 8.28. The van der Waals surface area contributed by atoms with E-state index in [2.05, 4.69) is 20.8 Å². The van der Waals surface area contributed by atoms with Crippen LogP contribution in [0.15, 0.2) is 12.1 Å². The van der Waals surface area contributed by atoms with Gasteiger partial charge in [-0.2, -0.15) is 5.26 Å². The molecule has 23 heavy (non-hydrogen) atoms. The summed E-state index contributed by atoms with van der Waals surface area (Å²) in [4.78, 5) is 25.2. The van der Waals surface area contributed by atoms with Crippen molar-refractivity contribution in [3.05, 3.63) is 34.4 Å². The molecule has 0 fully saturated rings. The van der Waals surface area contributed by atoms with Gasteiger partial charge in [0.25, 0.3) is 0 Å². The molecule has 0 N–H and O–H groups in total. The monoisotopic (exact) mass is 313 g/mol. The van der Waals surface area contributed by atoms with Gasteiger partial charge >= 0.3 is 0 Å². The molecule has 0 amide bonds. The van der Waals surface area contributed by atoms with Crippen LogP contribution in [0.3, 0.4) is 0 Å². The molecule has 1 rings (SSSR count). The summed E-state index contributed by atoms with van der Waals surface area (Å²) >= 11 is 0. The second kappa shape index (κ2) is 6.28. The molecule has 0 aliphatic carbocycles. The lowest BCUT2D eigenvalue weighted by molar-refractivity contribution is -0.127. The minimum absolute atomic E-state index is 0.0209. The average molecular weight is 313 g/mol. The highest BCUT2D eigenvalue weighted by atomic mass is 16.2. The Hall–Kier alpha value is -1.95. The normalized spacial score (nSPS) is 13.3. The summed E-state index contributed by atoms with van der Waals surface area (Å²) < 4.78 is 0. The fourth-order valence-electron chi connectivity index (χ4n) is 2.60. The van der Waals surface area contributed by atoms with Crippen molar-refractivity contribution >= 4 is 11.6 Å². The van der Waals surface area contributed by atoms with Crippen LogP contribution in [0.25, 0.3) is 0 Å². The van der Waals surface area contributed by atoms with Crippen molar-refractivity contribution in [1.82, 2.24) is 0 Å². The molecule has 0 aliphatic rings. The molecule has 1 atom stereocenters. The van der Waals surface area contributed by atoms with Crippen molar-refractivity contribution in [2.45, 2.75) is 60.8 Å². The van der Waals surface area contributed by atoms with Crippen LogP contribution < -0.4 is 0 Å². The molecule has 0 aliphatic heterocycles. The molecule has 1 unspecified atom stereocenters. The molecule has 0 spiro atoms. The summed E-state index contributed by atoms with van der Waals surface area (Å²) in [5, 5.41) is 9.37. The third-order valence-electron chi connectivity index (χ3n) is 4.04. The molecular formula is C20H27NO2. The molecule has 3 nitrogen and oxygen atoms in total. The van der Waals surface area contributed by atoms with E-state index in [9.17, 15) is 14.9 Å². The summed E-state index contributed by atoms with van der Waals surface area (Å²) in [6, 6.07) is 5.87. The van der Waals surface area contributed by atoms with Crippen LogP contribution in [-0.2, 0) is 10.2 Å². The van der Waals surface area contributed by atoms with Crippen molar-refractivity contribution < 1.29 is 9.59 Å². The van der Waals surface area contributed by atoms with E-state index in [-0.39, 0.29) is 17.0 Å². The average Bonchev–Trinajstić information content (AvgIpc) is 2.36. The first-order chi connectivity index (χ1) is 10.3. The first-order valence-corrected chi connectivity index (χ1v) is 7.90. The lowest BCUT2D eigenvalue weighted by atomic mass is 9.78. The van der Waals surface area contributed by atoms with Gasteiger partial charge in [0.1, 0.15) is 0 Å². The van der Waals surface area contributed by atoms with Gasteiger partial charge in [0.15, 0.2) is 17.5 Å². The van der Waals surface area contributed by atoms with Crippen LogP contribution in [0.4, 0.5) is 0 Å². The Kier molecular flexibility index (Phi) is 5.21. The van der Waals surface area contributed by atoms with Crippen LogP contribution in [-0.4, -0.2) is 11.6 Å². The van der Waals surface area contributed by atoms with Gasteiger partial charge < -0.3 is 0 Å². The number of nitrogens with zero attached hydrogens (tertiary/aromatic N) is 1. The summed E-state index contributed by atoms with van der Waals surface area (Å²) in [7, 11) is 0. The smallest absolute Gasteiger partial charge is 0.188 e. The standard InChI is InChI=1S/C20H27NO2/c1-12-9-14(19(3,4)5)10-13(2)16(12)17(22)15(11-21)18(23)20(6,7)8/h9-10,15H,1-8H3. The van der Waals surface area contributed by atoms with Crippen LogP contribution in [0.2, 0.25) is 0 Å². The number of hydrogen-bond acceptors (Lipinski definition) is 3. The molecule has 124 valence electrons. The molecule has 0 radical (unpaired) electrons. The Bertz CT molecular complexity index is 656. The fourth-order valence-corrected chi connectivity index (χ4v) is 2.60.